The Morgan fingerprint density at radius 1 is 0.943 bits per heavy atom. The summed E-state index contributed by atoms with van der Waals surface area (Å²) in [5, 5.41) is 18.2. The molecule has 0 saturated carbocycles. The Morgan fingerprint density at radius 3 is 2.29 bits per heavy atom. The molecule has 0 bridgehead atoms. The molecule has 2 heterocycles. The number of aliphatic hydroxyl groups is 1. The van der Waals surface area contributed by atoms with Crippen LogP contribution in [0.2, 0.25) is 0 Å². The lowest BCUT2D eigenvalue weighted by molar-refractivity contribution is -0.132. The number of nitrogens with two attached hydrogens (primary N) is 1. The molecule has 1 unspecified atom stereocenters. The zero-order valence-corrected chi connectivity index (χ0v) is 19.3. The number of Topliss-reactive ketones (excluding diaryl/α,β-unsaturated/α-hetero) is 1. The van der Waals surface area contributed by atoms with Crippen molar-refractivity contribution in [2.75, 3.05) is 4.90 Å². The Hall–Kier alpha value is -4.21. The van der Waals surface area contributed by atoms with Gasteiger partial charge in [-0.1, -0.05) is 42.5 Å². The molecule has 3 N–H and O–H groups in total. The van der Waals surface area contributed by atoms with Crippen LogP contribution in [0, 0.1) is 6.92 Å². The number of carbonyl (C=O) groups excluding carboxylic acids is 2. The van der Waals surface area contributed by atoms with Crippen molar-refractivity contribution in [3.05, 3.63) is 102 Å². The monoisotopic (exact) mass is 488 g/mol. The van der Waals surface area contributed by atoms with Crippen LogP contribution in [0.25, 0.3) is 16.5 Å². The standard InChI is InChI=1S/C26H20N2O6S/c1-15-9-14-21(34-15)23-22(24(29)20-8-4-6-16-5-2-3-7-19(16)20)25(30)26(31)28(23)17-10-12-18(13-11-17)35(27,32)33/h2-14,23,29H,1H3,(H2,27,32,33)/b24-22-. The first kappa shape index (κ1) is 22.6. The van der Waals surface area contributed by atoms with Crippen molar-refractivity contribution >= 4 is 43.9 Å². The zero-order valence-electron chi connectivity index (χ0n) is 18.5. The van der Waals surface area contributed by atoms with Gasteiger partial charge in [0.25, 0.3) is 11.7 Å². The molecule has 0 radical (unpaired) electrons. The van der Waals surface area contributed by atoms with Gasteiger partial charge in [-0.2, -0.15) is 0 Å². The highest BCUT2D eigenvalue weighted by Crippen LogP contribution is 2.43. The van der Waals surface area contributed by atoms with Gasteiger partial charge in [0.2, 0.25) is 10.0 Å². The molecule has 9 heteroatoms. The van der Waals surface area contributed by atoms with Crippen LogP contribution < -0.4 is 10.0 Å². The van der Waals surface area contributed by atoms with E-state index in [0.29, 0.717) is 16.7 Å². The van der Waals surface area contributed by atoms with Crippen LogP contribution in [0.3, 0.4) is 0 Å². The van der Waals surface area contributed by atoms with Gasteiger partial charge in [0.1, 0.15) is 23.3 Å². The van der Waals surface area contributed by atoms with Gasteiger partial charge in [0.15, 0.2) is 0 Å². The maximum atomic E-state index is 13.3. The second kappa shape index (κ2) is 8.23. The highest BCUT2D eigenvalue weighted by Gasteiger charge is 2.48. The molecule has 3 aromatic carbocycles. The van der Waals surface area contributed by atoms with Gasteiger partial charge in [0, 0.05) is 11.3 Å². The van der Waals surface area contributed by atoms with Crippen LogP contribution in [-0.2, 0) is 19.6 Å². The maximum absolute atomic E-state index is 13.3. The van der Waals surface area contributed by atoms with Crippen LogP contribution in [-0.4, -0.2) is 25.2 Å². The number of carbonyl (C=O) groups is 2. The average molecular weight is 489 g/mol. The van der Waals surface area contributed by atoms with E-state index < -0.39 is 27.8 Å². The SMILES string of the molecule is Cc1ccc(C2/C(=C(/O)c3cccc4ccccc34)C(=O)C(=O)N2c2ccc(S(N)(=O)=O)cc2)o1. The van der Waals surface area contributed by atoms with Crippen molar-refractivity contribution in [2.45, 2.75) is 17.9 Å². The molecule has 176 valence electrons. The first-order valence-corrected chi connectivity index (χ1v) is 12.2. The fourth-order valence-electron chi connectivity index (χ4n) is 4.34. The summed E-state index contributed by atoms with van der Waals surface area (Å²) in [7, 11) is -3.95. The Bertz CT molecular complexity index is 1630. The number of amides is 1. The van der Waals surface area contributed by atoms with Gasteiger partial charge in [-0.15, -0.1) is 0 Å². The number of furan rings is 1. The summed E-state index contributed by atoms with van der Waals surface area (Å²) >= 11 is 0. The predicted octanol–water partition coefficient (Wildman–Crippen LogP) is 4.01. The van der Waals surface area contributed by atoms with Crippen molar-refractivity contribution < 1.29 is 27.5 Å². The summed E-state index contributed by atoms with van der Waals surface area (Å²) in [6.45, 7) is 1.72. The summed E-state index contributed by atoms with van der Waals surface area (Å²) < 4.78 is 29.1. The molecule has 1 amide bonds. The lowest BCUT2D eigenvalue weighted by Gasteiger charge is -2.23. The van der Waals surface area contributed by atoms with E-state index in [1.165, 1.54) is 29.2 Å². The number of benzene rings is 3. The second-order valence-corrected chi connectivity index (χ2v) is 9.74. The molecule has 35 heavy (non-hydrogen) atoms. The third-order valence-electron chi connectivity index (χ3n) is 5.96. The smallest absolute Gasteiger partial charge is 0.300 e. The highest BCUT2D eigenvalue weighted by molar-refractivity contribution is 7.89. The summed E-state index contributed by atoms with van der Waals surface area (Å²) in [5.74, 6) is -1.26. The molecule has 4 aromatic rings. The molecular weight excluding hydrogens is 468 g/mol. The van der Waals surface area contributed by atoms with Gasteiger partial charge < -0.3 is 9.52 Å². The molecule has 1 fully saturated rings. The van der Waals surface area contributed by atoms with E-state index in [9.17, 15) is 23.1 Å². The number of fused-ring (bicyclic) bond motifs is 1. The maximum Gasteiger partial charge on any atom is 0.300 e. The van der Waals surface area contributed by atoms with E-state index in [4.69, 9.17) is 9.56 Å². The number of hydrogen-bond donors (Lipinski definition) is 2. The number of anilines is 1. The Kier molecular flexibility index (Phi) is 5.31. The topological polar surface area (TPSA) is 131 Å². The Labute approximate surface area is 200 Å². The number of sulfonamides is 1. The van der Waals surface area contributed by atoms with Gasteiger partial charge >= 0.3 is 0 Å². The number of nitrogens with zero attached hydrogens (tertiary/aromatic N) is 1. The molecule has 5 rings (SSSR count). The zero-order chi connectivity index (χ0) is 24.9. The lowest BCUT2D eigenvalue weighted by Crippen LogP contribution is -2.29. The third-order valence-corrected chi connectivity index (χ3v) is 6.89. The fourth-order valence-corrected chi connectivity index (χ4v) is 4.86. The molecule has 0 aliphatic carbocycles. The molecule has 0 spiro atoms. The molecule has 1 aliphatic rings. The van der Waals surface area contributed by atoms with Crippen molar-refractivity contribution in [3.8, 4) is 0 Å². The number of hydrogen-bond acceptors (Lipinski definition) is 6. The van der Waals surface area contributed by atoms with E-state index in [1.54, 1.807) is 31.2 Å². The quantitative estimate of drug-likeness (QED) is 0.253. The van der Waals surface area contributed by atoms with Crippen molar-refractivity contribution in [2.24, 2.45) is 5.14 Å². The van der Waals surface area contributed by atoms with Crippen molar-refractivity contribution in [1.29, 1.82) is 0 Å². The van der Waals surface area contributed by atoms with Crippen LogP contribution in [0.4, 0.5) is 5.69 Å². The summed E-state index contributed by atoms with van der Waals surface area (Å²) in [4.78, 5) is 27.6. The van der Waals surface area contributed by atoms with Crippen LogP contribution in [0.1, 0.15) is 23.1 Å². The van der Waals surface area contributed by atoms with Gasteiger partial charge in [-0.25, -0.2) is 13.6 Å². The molecular formula is C26H20N2O6S. The first-order valence-electron chi connectivity index (χ1n) is 10.6. The van der Waals surface area contributed by atoms with Gasteiger partial charge in [0.05, 0.1) is 10.5 Å². The Balaban J connectivity index is 1.73. The minimum Gasteiger partial charge on any atom is -0.507 e. The Morgan fingerprint density at radius 2 is 1.63 bits per heavy atom. The summed E-state index contributed by atoms with van der Waals surface area (Å²) in [6.07, 6.45) is 0. The largest absolute Gasteiger partial charge is 0.507 e. The third kappa shape index (κ3) is 3.80. The molecule has 1 atom stereocenters. The molecule has 1 aliphatic heterocycles. The molecule has 1 aromatic heterocycles. The normalized spacial score (nSPS) is 17.9. The number of aryl methyl sites for hydroxylation is 1. The van der Waals surface area contributed by atoms with Crippen molar-refractivity contribution in [3.63, 3.8) is 0 Å². The van der Waals surface area contributed by atoms with Gasteiger partial charge in [-0.05, 0) is 54.1 Å². The van der Waals surface area contributed by atoms with E-state index in [-0.39, 0.29) is 27.7 Å². The van der Waals surface area contributed by atoms with E-state index >= 15 is 0 Å². The summed E-state index contributed by atoms with van der Waals surface area (Å²) in [5.41, 5.74) is 0.519. The van der Waals surface area contributed by atoms with Gasteiger partial charge in [-0.3, -0.25) is 14.5 Å². The van der Waals surface area contributed by atoms with E-state index in [2.05, 4.69) is 0 Å². The predicted molar refractivity (Wildman–Crippen MR) is 130 cm³/mol. The minimum absolute atomic E-state index is 0.128. The number of rotatable bonds is 4. The average Bonchev–Trinajstić information content (AvgIpc) is 3.38. The molecule has 1 saturated heterocycles. The minimum atomic E-state index is -3.95. The lowest BCUT2D eigenvalue weighted by atomic mass is 9.96. The number of aliphatic hydroxyl groups excluding tert-OH is 1. The van der Waals surface area contributed by atoms with Crippen LogP contribution >= 0.6 is 0 Å². The fraction of sp³-hybridized carbons (Fsp3) is 0.0769. The summed E-state index contributed by atoms with van der Waals surface area (Å²) in [6, 6.07) is 20.2. The van der Waals surface area contributed by atoms with Crippen LogP contribution in [0.5, 0.6) is 0 Å². The van der Waals surface area contributed by atoms with Crippen molar-refractivity contribution in [1.82, 2.24) is 0 Å². The molecule has 8 nitrogen and oxygen atoms in total. The number of primary sulfonamides is 1. The van der Waals surface area contributed by atoms with E-state index in [1.807, 2.05) is 30.3 Å². The second-order valence-electron chi connectivity index (χ2n) is 8.18. The number of ketones is 1. The first-order chi connectivity index (χ1) is 16.7. The highest BCUT2D eigenvalue weighted by atomic mass is 32.2. The van der Waals surface area contributed by atoms with E-state index in [0.717, 1.165) is 5.39 Å². The van der Waals surface area contributed by atoms with Crippen LogP contribution in [0.15, 0.2) is 93.7 Å².